The molecule has 1 aromatic rings. The minimum absolute atomic E-state index is 0.00296. The van der Waals surface area contributed by atoms with Gasteiger partial charge in [-0.2, -0.15) is 0 Å². The summed E-state index contributed by atoms with van der Waals surface area (Å²) in [7, 11) is 0. The zero-order valence-corrected chi connectivity index (χ0v) is 7.09. The Morgan fingerprint density at radius 1 is 1.46 bits per heavy atom. The maximum Gasteiger partial charge on any atom is 0.148 e. The SMILES string of the molecule is O=C1CN[C@@H](c2cccc(F)c2)C1. The first-order chi connectivity index (χ1) is 6.25. The van der Waals surface area contributed by atoms with Gasteiger partial charge in [0.25, 0.3) is 0 Å². The number of nitrogens with one attached hydrogen (secondary N) is 1. The molecule has 0 radical (unpaired) electrons. The van der Waals surface area contributed by atoms with Crippen LogP contribution in [0.3, 0.4) is 0 Å². The van der Waals surface area contributed by atoms with Crippen molar-refractivity contribution in [2.75, 3.05) is 6.54 Å². The highest BCUT2D eigenvalue weighted by Crippen LogP contribution is 2.21. The van der Waals surface area contributed by atoms with E-state index < -0.39 is 0 Å². The van der Waals surface area contributed by atoms with Crippen LogP contribution in [-0.2, 0) is 4.79 Å². The lowest BCUT2D eigenvalue weighted by atomic mass is 10.1. The van der Waals surface area contributed by atoms with Crippen LogP contribution in [0.2, 0.25) is 0 Å². The first kappa shape index (κ1) is 8.38. The van der Waals surface area contributed by atoms with E-state index in [9.17, 15) is 9.18 Å². The van der Waals surface area contributed by atoms with Crippen LogP contribution < -0.4 is 5.32 Å². The molecule has 0 spiro atoms. The van der Waals surface area contributed by atoms with Gasteiger partial charge in [0.05, 0.1) is 6.54 Å². The van der Waals surface area contributed by atoms with E-state index in [2.05, 4.69) is 5.32 Å². The molecule has 1 N–H and O–H groups in total. The predicted octanol–water partition coefficient (Wildman–Crippen LogP) is 1.43. The Balaban J connectivity index is 2.21. The van der Waals surface area contributed by atoms with E-state index in [1.807, 2.05) is 6.07 Å². The van der Waals surface area contributed by atoms with Gasteiger partial charge in [-0.3, -0.25) is 4.79 Å². The van der Waals surface area contributed by atoms with Crippen LogP contribution in [0, 0.1) is 5.82 Å². The van der Waals surface area contributed by atoms with Crippen LogP contribution in [0.1, 0.15) is 18.0 Å². The lowest BCUT2D eigenvalue weighted by Gasteiger charge is -2.08. The zero-order valence-electron chi connectivity index (χ0n) is 7.09. The van der Waals surface area contributed by atoms with Crippen LogP contribution in [0.5, 0.6) is 0 Å². The van der Waals surface area contributed by atoms with E-state index in [0.717, 1.165) is 5.56 Å². The molecule has 13 heavy (non-hydrogen) atoms. The summed E-state index contributed by atoms with van der Waals surface area (Å²) >= 11 is 0. The molecule has 68 valence electrons. The smallest absolute Gasteiger partial charge is 0.148 e. The van der Waals surface area contributed by atoms with Crippen molar-refractivity contribution in [3.05, 3.63) is 35.6 Å². The van der Waals surface area contributed by atoms with E-state index in [0.29, 0.717) is 13.0 Å². The number of rotatable bonds is 1. The third kappa shape index (κ3) is 1.75. The summed E-state index contributed by atoms with van der Waals surface area (Å²) in [5.41, 5.74) is 0.853. The zero-order chi connectivity index (χ0) is 9.26. The maximum absolute atomic E-state index is 12.8. The molecule has 1 aliphatic heterocycles. The molecule has 1 saturated heterocycles. The minimum Gasteiger partial charge on any atom is -0.303 e. The van der Waals surface area contributed by atoms with Crippen LogP contribution in [0.15, 0.2) is 24.3 Å². The number of carbonyl (C=O) groups is 1. The van der Waals surface area contributed by atoms with Gasteiger partial charge >= 0.3 is 0 Å². The molecule has 0 unspecified atom stereocenters. The second-order valence-corrected chi connectivity index (χ2v) is 3.23. The normalized spacial score (nSPS) is 22.2. The van der Waals surface area contributed by atoms with Crippen molar-refractivity contribution in [2.24, 2.45) is 0 Å². The van der Waals surface area contributed by atoms with Crippen LogP contribution in [-0.4, -0.2) is 12.3 Å². The van der Waals surface area contributed by atoms with E-state index in [1.54, 1.807) is 6.07 Å². The summed E-state index contributed by atoms with van der Waals surface area (Å²) in [6, 6.07) is 6.37. The Labute approximate surface area is 75.8 Å². The highest BCUT2D eigenvalue weighted by molar-refractivity contribution is 5.83. The average molecular weight is 179 g/mol. The quantitative estimate of drug-likeness (QED) is 0.706. The molecule has 1 heterocycles. The van der Waals surface area contributed by atoms with Crippen molar-refractivity contribution in [3.63, 3.8) is 0 Å². The highest BCUT2D eigenvalue weighted by atomic mass is 19.1. The second-order valence-electron chi connectivity index (χ2n) is 3.23. The maximum atomic E-state index is 12.8. The Hall–Kier alpha value is -1.22. The number of benzene rings is 1. The third-order valence-electron chi connectivity index (χ3n) is 2.23. The van der Waals surface area contributed by atoms with Gasteiger partial charge in [-0.05, 0) is 17.7 Å². The molecule has 0 aliphatic carbocycles. The number of ketones is 1. The fraction of sp³-hybridized carbons (Fsp3) is 0.300. The summed E-state index contributed by atoms with van der Waals surface area (Å²) < 4.78 is 12.8. The van der Waals surface area contributed by atoms with Crippen molar-refractivity contribution in [3.8, 4) is 0 Å². The number of hydrogen-bond donors (Lipinski definition) is 1. The number of Topliss-reactive ketones (excluding diaryl/α,β-unsaturated/α-hetero) is 1. The Kier molecular flexibility index (Phi) is 2.10. The first-order valence-corrected chi connectivity index (χ1v) is 4.26. The van der Waals surface area contributed by atoms with Gasteiger partial charge < -0.3 is 5.32 Å². The molecule has 3 heteroatoms. The molecule has 0 bridgehead atoms. The largest absolute Gasteiger partial charge is 0.303 e. The van der Waals surface area contributed by atoms with Crippen LogP contribution in [0.25, 0.3) is 0 Å². The van der Waals surface area contributed by atoms with Crippen LogP contribution in [0.4, 0.5) is 4.39 Å². The van der Waals surface area contributed by atoms with Crippen molar-refractivity contribution in [1.29, 1.82) is 0 Å². The molecule has 0 amide bonds. The lowest BCUT2D eigenvalue weighted by molar-refractivity contribution is -0.116. The lowest BCUT2D eigenvalue weighted by Crippen LogP contribution is -2.13. The van der Waals surface area contributed by atoms with Gasteiger partial charge in [-0.1, -0.05) is 12.1 Å². The van der Waals surface area contributed by atoms with Gasteiger partial charge in [-0.15, -0.1) is 0 Å². The molecule has 0 saturated carbocycles. The highest BCUT2D eigenvalue weighted by Gasteiger charge is 2.22. The molecule has 1 aromatic carbocycles. The van der Waals surface area contributed by atoms with E-state index in [1.165, 1.54) is 12.1 Å². The van der Waals surface area contributed by atoms with Crippen molar-refractivity contribution < 1.29 is 9.18 Å². The predicted molar refractivity (Wildman–Crippen MR) is 46.8 cm³/mol. The summed E-state index contributed by atoms with van der Waals surface area (Å²) in [5, 5.41) is 3.03. The molecule has 1 atom stereocenters. The fourth-order valence-corrected chi connectivity index (χ4v) is 1.57. The summed E-state index contributed by atoms with van der Waals surface area (Å²) in [6.45, 7) is 0.404. The molecule has 1 fully saturated rings. The van der Waals surface area contributed by atoms with Gasteiger partial charge in [0.15, 0.2) is 0 Å². The number of hydrogen-bond acceptors (Lipinski definition) is 2. The molecular formula is C10H10FNO. The Morgan fingerprint density at radius 2 is 2.31 bits per heavy atom. The molecule has 1 aliphatic rings. The topological polar surface area (TPSA) is 29.1 Å². The third-order valence-corrected chi connectivity index (χ3v) is 2.23. The summed E-state index contributed by atoms with van der Waals surface area (Å²) in [6.07, 6.45) is 0.476. The second kappa shape index (κ2) is 3.26. The van der Waals surface area contributed by atoms with Gasteiger partial charge in [0.1, 0.15) is 11.6 Å². The molecule has 2 rings (SSSR count). The van der Waals surface area contributed by atoms with Gasteiger partial charge in [0.2, 0.25) is 0 Å². The van der Waals surface area contributed by atoms with Crippen molar-refractivity contribution in [1.82, 2.24) is 5.32 Å². The van der Waals surface area contributed by atoms with Gasteiger partial charge in [0, 0.05) is 12.5 Å². The molecule has 2 nitrogen and oxygen atoms in total. The Bertz CT molecular complexity index is 337. The monoisotopic (exact) mass is 179 g/mol. The van der Waals surface area contributed by atoms with Gasteiger partial charge in [-0.25, -0.2) is 4.39 Å². The number of halogens is 1. The summed E-state index contributed by atoms with van der Waals surface area (Å²) in [4.78, 5) is 11.0. The van der Waals surface area contributed by atoms with E-state index in [4.69, 9.17) is 0 Å². The van der Waals surface area contributed by atoms with E-state index in [-0.39, 0.29) is 17.6 Å². The molecule has 0 aromatic heterocycles. The molecular weight excluding hydrogens is 169 g/mol. The van der Waals surface area contributed by atoms with E-state index >= 15 is 0 Å². The van der Waals surface area contributed by atoms with Crippen molar-refractivity contribution in [2.45, 2.75) is 12.5 Å². The standard InChI is InChI=1S/C10H10FNO/c11-8-3-1-2-7(4-8)10-5-9(13)6-12-10/h1-4,10,12H,5-6H2/t10-/m1/s1. The minimum atomic E-state index is -0.251. The van der Waals surface area contributed by atoms with Crippen LogP contribution >= 0.6 is 0 Å². The van der Waals surface area contributed by atoms with Crippen molar-refractivity contribution >= 4 is 5.78 Å². The summed E-state index contributed by atoms with van der Waals surface area (Å²) in [5.74, 6) is -0.0621. The Morgan fingerprint density at radius 3 is 2.92 bits per heavy atom. The fourth-order valence-electron chi connectivity index (χ4n) is 1.57. The number of carbonyl (C=O) groups excluding carboxylic acids is 1. The average Bonchev–Trinajstić information content (AvgIpc) is 2.52. The first-order valence-electron chi connectivity index (χ1n) is 4.26.